The average Bonchev–Trinajstić information content (AvgIpc) is 2.57. The van der Waals surface area contributed by atoms with Gasteiger partial charge in [-0.05, 0) is 57.7 Å². The lowest BCUT2D eigenvalue weighted by molar-refractivity contribution is 0.0632. The number of anilines is 1. The predicted octanol–water partition coefficient (Wildman–Crippen LogP) is 2.44. The van der Waals surface area contributed by atoms with E-state index in [1.165, 1.54) is 0 Å². The van der Waals surface area contributed by atoms with E-state index < -0.39 is 21.7 Å². The van der Waals surface area contributed by atoms with E-state index in [2.05, 4.69) is 10.0 Å². The average molecular weight is 412 g/mol. The Morgan fingerprint density at radius 2 is 2.00 bits per heavy atom. The Bertz CT molecular complexity index is 817. The van der Waals surface area contributed by atoms with Crippen LogP contribution in [0.4, 0.5) is 10.5 Å². The summed E-state index contributed by atoms with van der Waals surface area (Å²) in [7, 11) is -3.25. The normalized spacial score (nSPS) is 17.9. The molecule has 9 heteroatoms. The molecule has 0 bridgehead atoms. The van der Waals surface area contributed by atoms with Gasteiger partial charge in [0.1, 0.15) is 5.60 Å². The first kappa shape index (κ1) is 22.2. The van der Waals surface area contributed by atoms with E-state index in [0.717, 1.165) is 19.1 Å². The highest BCUT2D eigenvalue weighted by Crippen LogP contribution is 2.20. The van der Waals surface area contributed by atoms with Crippen molar-refractivity contribution in [3.05, 3.63) is 29.8 Å². The molecule has 1 fully saturated rings. The number of carbonyl (C=O) groups excluding carboxylic acids is 2. The van der Waals surface area contributed by atoms with Crippen molar-refractivity contribution in [3.8, 4) is 0 Å². The van der Waals surface area contributed by atoms with Gasteiger partial charge in [0, 0.05) is 30.9 Å². The minimum absolute atomic E-state index is 0.0792. The van der Waals surface area contributed by atoms with Gasteiger partial charge < -0.3 is 9.64 Å². The number of ether oxygens (including phenoxy) is 1. The Balaban J connectivity index is 2.00. The standard InChI is InChI=1S/C19H29N3O5S/c1-19(2,3)27-18(24)21-16-9-5-8-15(11-16)17(23)22-10-6-7-14(13-22)12-20-28(4,25)26/h5,8-9,11,14,20H,6-7,10,12-13H2,1-4H3,(H,21,24)/t14-/m1/s1. The van der Waals surface area contributed by atoms with Gasteiger partial charge in [0.05, 0.1) is 6.26 Å². The highest BCUT2D eigenvalue weighted by Gasteiger charge is 2.25. The summed E-state index contributed by atoms with van der Waals surface area (Å²) < 4.78 is 30.3. The number of piperidine rings is 1. The van der Waals surface area contributed by atoms with Crippen molar-refractivity contribution in [1.82, 2.24) is 9.62 Å². The summed E-state index contributed by atoms with van der Waals surface area (Å²) in [5.74, 6) is -0.0626. The van der Waals surface area contributed by atoms with Gasteiger partial charge in [0.2, 0.25) is 10.0 Å². The second-order valence-electron chi connectivity index (χ2n) is 8.09. The number of rotatable bonds is 5. The van der Waals surface area contributed by atoms with Crippen LogP contribution in [0.25, 0.3) is 0 Å². The van der Waals surface area contributed by atoms with E-state index >= 15 is 0 Å². The zero-order valence-electron chi connectivity index (χ0n) is 16.8. The van der Waals surface area contributed by atoms with Crippen molar-refractivity contribution < 1.29 is 22.7 Å². The lowest BCUT2D eigenvalue weighted by Gasteiger charge is -2.33. The van der Waals surface area contributed by atoms with Crippen molar-refractivity contribution in [2.45, 2.75) is 39.2 Å². The molecule has 0 spiro atoms. The van der Waals surface area contributed by atoms with Crippen LogP contribution < -0.4 is 10.0 Å². The van der Waals surface area contributed by atoms with Crippen LogP contribution in [-0.4, -0.2) is 56.8 Å². The van der Waals surface area contributed by atoms with Crippen LogP contribution in [0.5, 0.6) is 0 Å². The van der Waals surface area contributed by atoms with Gasteiger partial charge in [-0.15, -0.1) is 0 Å². The molecule has 0 saturated carbocycles. The van der Waals surface area contributed by atoms with E-state index in [9.17, 15) is 18.0 Å². The van der Waals surface area contributed by atoms with E-state index in [0.29, 0.717) is 30.9 Å². The molecule has 8 nitrogen and oxygen atoms in total. The van der Waals surface area contributed by atoms with Crippen molar-refractivity contribution >= 4 is 27.7 Å². The number of nitrogens with zero attached hydrogens (tertiary/aromatic N) is 1. The lowest BCUT2D eigenvalue weighted by Crippen LogP contribution is -2.43. The molecule has 0 radical (unpaired) electrons. The van der Waals surface area contributed by atoms with Crippen LogP contribution in [0.1, 0.15) is 44.0 Å². The fourth-order valence-electron chi connectivity index (χ4n) is 3.02. The number of carbonyl (C=O) groups is 2. The van der Waals surface area contributed by atoms with Gasteiger partial charge in [0.15, 0.2) is 0 Å². The number of nitrogens with one attached hydrogen (secondary N) is 2. The zero-order valence-corrected chi connectivity index (χ0v) is 17.6. The molecule has 1 aliphatic rings. The number of sulfonamides is 1. The van der Waals surface area contributed by atoms with Crippen LogP contribution in [0, 0.1) is 5.92 Å². The molecule has 1 heterocycles. The van der Waals surface area contributed by atoms with E-state index in [1.807, 2.05) is 0 Å². The van der Waals surface area contributed by atoms with E-state index in [-0.39, 0.29) is 11.8 Å². The number of hydrogen-bond acceptors (Lipinski definition) is 5. The third-order valence-corrected chi connectivity index (χ3v) is 4.89. The molecule has 2 N–H and O–H groups in total. The molecule has 1 saturated heterocycles. The molecule has 0 aliphatic carbocycles. The van der Waals surface area contributed by atoms with Gasteiger partial charge in [-0.2, -0.15) is 0 Å². The highest BCUT2D eigenvalue weighted by molar-refractivity contribution is 7.88. The maximum Gasteiger partial charge on any atom is 0.412 e. The Hall–Kier alpha value is -2.13. The fourth-order valence-corrected chi connectivity index (χ4v) is 3.56. The maximum atomic E-state index is 12.9. The molecule has 28 heavy (non-hydrogen) atoms. The highest BCUT2D eigenvalue weighted by atomic mass is 32.2. The minimum atomic E-state index is -3.25. The molecule has 2 amide bonds. The summed E-state index contributed by atoms with van der Waals surface area (Å²) in [6.07, 6.45) is 2.23. The fraction of sp³-hybridized carbons (Fsp3) is 0.579. The Morgan fingerprint density at radius 3 is 2.64 bits per heavy atom. The summed E-state index contributed by atoms with van der Waals surface area (Å²) >= 11 is 0. The zero-order chi connectivity index (χ0) is 20.9. The molecule has 0 aromatic heterocycles. The first-order valence-corrected chi connectivity index (χ1v) is 11.2. The molecule has 1 aromatic carbocycles. The Kier molecular flexibility index (Phi) is 7.06. The van der Waals surface area contributed by atoms with Gasteiger partial charge in [-0.25, -0.2) is 17.9 Å². The van der Waals surface area contributed by atoms with Gasteiger partial charge >= 0.3 is 6.09 Å². The summed E-state index contributed by atoms with van der Waals surface area (Å²) in [5.41, 5.74) is 0.332. The molecule has 0 unspecified atom stereocenters. The maximum absolute atomic E-state index is 12.9. The quantitative estimate of drug-likeness (QED) is 0.774. The first-order chi connectivity index (χ1) is 12.9. The van der Waals surface area contributed by atoms with Crippen LogP contribution in [-0.2, 0) is 14.8 Å². The first-order valence-electron chi connectivity index (χ1n) is 9.27. The molecule has 1 aliphatic heterocycles. The monoisotopic (exact) mass is 411 g/mol. The van der Waals surface area contributed by atoms with Crippen LogP contribution >= 0.6 is 0 Å². The molecule has 1 atom stereocenters. The Labute approximate surface area is 166 Å². The van der Waals surface area contributed by atoms with Crippen molar-refractivity contribution in [3.63, 3.8) is 0 Å². The topological polar surface area (TPSA) is 105 Å². The Morgan fingerprint density at radius 1 is 1.29 bits per heavy atom. The minimum Gasteiger partial charge on any atom is -0.444 e. The largest absolute Gasteiger partial charge is 0.444 e. The molecular weight excluding hydrogens is 382 g/mol. The van der Waals surface area contributed by atoms with Crippen molar-refractivity contribution in [1.29, 1.82) is 0 Å². The van der Waals surface area contributed by atoms with Gasteiger partial charge in [0.25, 0.3) is 5.91 Å². The summed E-state index contributed by atoms with van der Waals surface area (Å²) in [6, 6.07) is 6.70. The smallest absolute Gasteiger partial charge is 0.412 e. The van der Waals surface area contributed by atoms with Gasteiger partial charge in [-0.3, -0.25) is 10.1 Å². The summed E-state index contributed by atoms with van der Waals surface area (Å²) in [4.78, 5) is 26.5. The molecule has 156 valence electrons. The number of amides is 2. The van der Waals surface area contributed by atoms with Crippen molar-refractivity contribution in [2.75, 3.05) is 31.2 Å². The molecule has 2 rings (SSSR count). The number of hydrogen-bond donors (Lipinski definition) is 2. The lowest BCUT2D eigenvalue weighted by atomic mass is 9.97. The molecule has 1 aromatic rings. The number of likely N-dealkylation sites (tertiary alicyclic amines) is 1. The van der Waals surface area contributed by atoms with E-state index in [4.69, 9.17) is 4.74 Å². The second-order valence-corrected chi connectivity index (χ2v) is 9.92. The second kappa shape index (κ2) is 8.91. The molecular formula is C19H29N3O5S. The summed E-state index contributed by atoms with van der Waals surface area (Å²) in [5, 5.41) is 2.63. The summed E-state index contributed by atoms with van der Waals surface area (Å²) in [6.45, 7) is 6.76. The van der Waals surface area contributed by atoms with Crippen LogP contribution in [0.15, 0.2) is 24.3 Å². The SMILES string of the molecule is CC(C)(C)OC(=O)Nc1cccc(C(=O)N2CCC[C@H](CNS(C)(=O)=O)C2)c1. The third kappa shape index (κ3) is 7.47. The number of benzene rings is 1. The van der Waals surface area contributed by atoms with Crippen molar-refractivity contribution in [2.24, 2.45) is 5.92 Å². The van der Waals surface area contributed by atoms with Crippen LogP contribution in [0.2, 0.25) is 0 Å². The van der Waals surface area contributed by atoms with Gasteiger partial charge in [-0.1, -0.05) is 6.07 Å². The predicted molar refractivity (Wildman–Crippen MR) is 108 cm³/mol. The van der Waals surface area contributed by atoms with E-state index in [1.54, 1.807) is 49.9 Å². The third-order valence-electron chi connectivity index (χ3n) is 4.20. The van der Waals surface area contributed by atoms with Crippen LogP contribution in [0.3, 0.4) is 0 Å².